The molecule has 0 radical (unpaired) electrons. The maximum absolute atomic E-state index is 12.9. The highest BCUT2D eigenvalue weighted by molar-refractivity contribution is 5.20. The summed E-state index contributed by atoms with van der Waals surface area (Å²) in [5, 5.41) is 0. The summed E-state index contributed by atoms with van der Waals surface area (Å²) in [4.78, 5) is 0. The third-order valence-electron chi connectivity index (χ3n) is 3.35. The molecule has 0 bridgehead atoms. The Morgan fingerprint density at radius 3 is 2.30 bits per heavy atom. The maximum Gasteiger partial charge on any atom is 0.391 e. The minimum atomic E-state index is -4.12. The Hall–Kier alpha value is -1.19. The van der Waals surface area contributed by atoms with E-state index in [4.69, 9.17) is 4.74 Å². The van der Waals surface area contributed by atoms with Crippen molar-refractivity contribution in [2.24, 2.45) is 5.92 Å². The first-order valence-corrected chi connectivity index (χ1v) is 7.28. The van der Waals surface area contributed by atoms with E-state index in [-0.39, 0.29) is 19.4 Å². The Bertz CT molecular complexity index is 348. The molecule has 0 saturated heterocycles. The number of unbranched alkanes of at least 4 members (excludes halogenated alkanes) is 3. The number of ether oxygens (including phenoxy) is 1. The molecule has 1 aromatic carbocycles. The van der Waals surface area contributed by atoms with E-state index in [0.717, 1.165) is 19.3 Å². The smallest absolute Gasteiger partial charge is 0.391 e. The first kappa shape index (κ1) is 16.9. The van der Waals surface area contributed by atoms with Gasteiger partial charge in [-0.3, -0.25) is 0 Å². The van der Waals surface area contributed by atoms with Crippen LogP contribution in [0.2, 0.25) is 0 Å². The molecule has 20 heavy (non-hydrogen) atoms. The highest BCUT2D eigenvalue weighted by Crippen LogP contribution is 2.33. The number of hydrogen-bond donors (Lipinski definition) is 0. The highest BCUT2D eigenvalue weighted by atomic mass is 19.4. The molecule has 0 spiro atoms. The predicted molar refractivity (Wildman–Crippen MR) is 74.9 cm³/mol. The number of halogens is 3. The maximum atomic E-state index is 12.9. The van der Waals surface area contributed by atoms with Gasteiger partial charge >= 0.3 is 6.18 Å². The normalized spacial score (nSPS) is 13.2. The SMILES string of the molecule is CCCCCCC(CCOc1ccccc1)C(F)(F)F. The molecule has 0 amide bonds. The molecule has 114 valence electrons. The Labute approximate surface area is 119 Å². The zero-order valence-electron chi connectivity index (χ0n) is 12.0. The molecule has 0 saturated carbocycles. The second kappa shape index (κ2) is 8.88. The molecule has 1 rings (SSSR count). The lowest BCUT2D eigenvalue weighted by Crippen LogP contribution is -2.25. The molecule has 0 aliphatic rings. The van der Waals surface area contributed by atoms with Gasteiger partial charge in [-0.25, -0.2) is 0 Å². The number of para-hydroxylation sites is 1. The minimum Gasteiger partial charge on any atom is -0.494 e. The van der Waals surface area contributed by atoms with Gasteiger partial charge in [-0.05, 0) is 25.0 Å². The van der Waals surface area contributed by atoms with Crippen molar-refractivity contribution in [1.82, 2.24) is 0 Å². The molecule has 0 aliphatic carbocycles. The molecule has 0 aromatic heterocycles. The van der Waals surface area contributed by atoms with Gasteiger partial charge in [0.05, 0.1) is 12.5 Å². The second-order valence-corrected chi connectivity index (χ2v) is 5.04. The summed E-state index contributed by atoms with van der Waals surface area (Å²) in [6.45, 7) is 2.16. The van der Waals surface area contributed by atoms with Gasteiger partial charge in [0, 0.05) is 0 Å². The van der Waals surface area contributed by atoms with Crippen LogP contribution >= 0.6 is 0 Å². The Morgan fingerprint density at radius 2 is 1.70 bits per heavy atom. The van der Waals surface area contributed by atoms with Gasteiger partial charge < -0.3 is 4.74 Å². The van der Waals surface area contributed by atoms with Crippen molar-refractivity contribution >= 4 is 0 Å². The molecule has 0 aliphatic heterocycles. The summed E-state index contributed by atoms with van der Waals surface area (Å²) in [5.41, 5.74) is 0. The molecule has 1 atom stereocenters. The topological polar surface area (TPSA) is 9.23 Å². The van der Waals surface area contributed by atoms with Crippen molar-refractivity contribution in [3.63, 3.8) is 0 Å². The van der Waals surface area contributed by atoms with Crippen molar-refractivity contribution in [2.45, 2.75) is 51.6 Å². The van der Waals surface area contributed by atoms with Crippen LogP contribution in [0.25, 0.3) is 0 Å². The van der Waals surface area contributed by atoms with Gasteiger partial charge in [-0.2, -0.15) is 13.2 Å². The first-order valence-electron chi connectivity index (χ1n) is 7.28. The van der Waals surface area contributed by atoms with Gasteiger partial charge in [-0.15, -0.1) is 0 Å². The zero-order valence-corrected chi connectivity index (χ0v) is 12.0. The Morgan fingerprint density at radius 1 is 1.00 bits per heavy atom. The van der Waals surface area contributed by atoms with E-state index in [2.05, 4.69) is 6.92 Å². The molecular weight excluding hydrogens is 265 g/mol. The number of rotatable bonds is 9. The first-order chi connectivity index (χ1) is 9.54. The fraction of sp³-hybridized carbons (Fsp3) is 0.625. The molecule has 4 heteroatoms. The fourth-order valence-electron chi connectivity index (χ4n) is 2.12. The highest BCUT2D eigenvalue weighted by Gasteiger charge is 2.38. The summed E-state index contributed by atoms with van der Waals surface area (Å²) in [6.07, 6.45) is -0.316. The summed E-state index contributed by atoms with van der Waals surface area (Å²) < 4.78 is 44.1. The van der Waals surface area contributed by atoms with Crippen LogP contribution in [-0.4, -0.2) is 12.8 Å². The third-order valence-corrected chi connectivity index (χ3v) is 3.35. The largest absolute Gasteiger partial charge is 0.494 e. The van der Waals surface area contributed by atoms with Crippen LogP contribution in [0.5, 0.6) is 5.75 Å². The van der Waals surface area contributed by atoms with E-state index >= 15 is 0 Å². The van der Waals surface area contributed by atoms with Crippen molar-refractivity contribution in [3.05, 3.63) is 30.3 Å². The van der Waals surface area contributed by atoms with Crippen LogP contribution in [0.4, 0.5) is 13.2 Å². The van der Waals surface area contributed by atoms with Crippen molar-refractivity contribution in [1.29, 1.82) is 0 Å². The Balaban J connectivity index is 2.33. The third kappa shape index (κ3) is 6.83. The quantitative estimate of drug-likeness (QED) is 0.537. The van der Waals surface area contributed by atoms with Gasteiger partial charge in [0.25, 0.3) is 0 Å². The minimum absolute atomic E-state index is 0.0323. The molecule has 1 nitrogen and oxygen atoms in total. The van der Waals surface area contributed by atoms with Gasteiger partial charge in [-0.1, -0.05) is 50.8 Å². The van der Waals surface area contributed by atoms with Crippen LogP contribution in [0, 0.1) is 5.92 Å². The molecule has 0 fully saturated rings. The Kier molecular flexibility index (Phi) is 7.48. The van der Waals surface area contributed by atoms with Gasteiger partial charge in [0.1, 0.15) is 5.75 Å². The summed E-state index contributed by atoms with van der Waals surface area (Å²) >= 11 is 0. The van der Waals surface area contributed by atoms with E-state index in [1.165, 1.54) is 0 Å². The van der Waals surface area contributed by atoms with E-state index in [0.29, 0.717) is 12.2 Å². The van der Waals surface area contributed by atoms with Crippen LogP contribution < -0.4 is 4.74 Å². The van der Waals surface area contributed by atoms with E-state index in [9.17, 15) is 13.2 Å². The lowest BCUT2D eigenvalue weighted by atomic mass is 9.97. The van der Waals surface area contributed by atoms with Crippen LogP contribution in [0.15, 0.2) is 30.3 Å². The van der Waals surface area contributed by atoms with Crippen molar-refractivity contribution in [2.75, 3.05) is 6.61 Å². The molecular formula is C16H23F3O. The van der Waals surface area contributed by atoms with Crippen LogP contribution in [0.3, 0.4) is 0 Å². The van der Waals surface area contributed by atoms with Crippen LogP contribution in [-0.2, 0) is 0 Å². The lowest BCUT2D eigenvalue weighted by Gasteiger charge is -2.20. The average Bonchev–Trinajstić information content (AvgIpc) is 2.41. The zero-order chi connectivity index (χ0) is 14.8. The molecule has 0 N–H and O–H groups in total. The van der Waals surface area contributed by atoms with E-state index in [1.54, 1.807) is 24.3 Å². The number of hydrogen-bond acceptors (Lipinski definition) is 1. The van der Waals surface area contributed by atoms with E-state index in [1.807, 2.05) is 6.07 Å². The lowest BCUT2D eigenvalue weighted by molar-refractivity contribution is -0.179. The van der Waals surface area contributed by atoms with Crippen LogP contribution in [0.1, 0.15) is 45.4 Å². The number of benzene rings is 1. The molecule has 1 unspecified atom stereocenters. The predicted octanol–water partition coefficient (Wildman–Crippen LogP) is 5.60. The van der Waals surface area contributed by atoms with Gasteiger partial charge in [0.15, 0.2) is 0 Å². The summed E-state index contributed by atoms with van der Waals surface area (Å²) in [7, 11) is 0. The van der Waals surface area contributed by atoms with Crippen molar-refractivity contribution in [3.8, 4) is 5.75 Å². The number of alkyl halides is 3. The second-order valence-electron chi connectivity index (χ2n) is 5.04. The summed E-state index contributed by atoms with van der Waals surface area (Å²) in [6, 6.07) is 8.97. The molecule has 0 heterocycles. The van der Waals surface area contributed by atoms with Gasteiger partial charge in [0.2, 0.25) is 0 Å². The monoisotopic (exact) mass is 288 g/mol. The van der Waals surface area contributed by atoms with Crippen molar-refractivity contribution < 1.29 is 17.9 Å². The molecule has 1 aromatic rings. The standard InChI is InChI=1S/C16H23F3O/c1-2-3-4-6-9-14(16(17,18)19)12-13-20-15-10-7-5-8-11-15/h5,7-8,10-11,14H,2-4,6,9,12-13H2,1H3. The fourth-order valence-corrected chi connectivity index (χ4v) is 2.12. The summed E-state index contributed by atoms with van der Waals surface area (Å²) in [5.74, 6) is -0.623. The average molecular weight is 288 g/mol. The van der Waals surface area contributed by atoms with E-state index < -0.39 is 12.1 Å².